The van der Waals surface area contributed by atoms with E-state index >= 15 is 0 Å². The molecule has 0 bridgehead atoms. The normalized spacial score (nSPS) is 10.4. The molecule has 2 aromatic heterocycles. The molecule has 0 fully saturated rings. The van der Waals surface area contributed by atoms with Crippen LogP contribution >= 0.6 is 0 Å². The lowest BCUT2D eigenvalue weighted by Gasteiger charge is -2.02. The SMILES string of the molecule is Cc1ccnc(N)c1-c1nnn(C)n1. The summed E-state index contributed by atoms with van der Waals surface area (Å²) in [7, 11) is 1.71. The first kappa shape index (κ1) is 8.61. The van der Waals surface area contributed by atoms with Crippen LogP contribution in [0.3, 0.4) is 0 Å². The number of aromatic nitrogens is 5. The second-order valence-corrected chi connectivity index (χ2v) is 2.99. The standard InChI is InChI=1S/C8H10N6/c1-5-3-4-10-7(9)6(5)8-11-13-14(2)12-8/h3-4H,1-2H3,(H2,9,10). The van der Waals surface area contributed by atoms with Gasteiger partial charge in [-0.3, -0.25) is 0 Å². The first-order valence-corrected chi connectivity index (χ1v) is 4.14. The van der Waals surface area contributed by atoms with Crippen LogP contribution in [0.25, 0.3) is 11.4 Å². The van der Waals surface area contributed by atoms with Crippen molar-refractivity contribution >= 4 is 5.82 Å². The Hall–Kier alpha value is -1.98. The lowest BCUT2D eigenvalue weighted by molar-refractivity contribution is 0.630. The third-order valence-electron chi connectivity index (χ3n) is 1.92. The molecule has 6 nitrogen and oxygen atoms in total. The zero-order valence-corrected chi connectivity index (χ0v) is 7.97. The summed E-state index contributed by atoms with van der Waals surface area (Å²) in [5.74, 6) is 0.939. The van der Waals surface area contributed by atoms with Crippen LogP contribution in [0, 0.1) is 6.92 Å². The molecule has 14 heavy (non-hydrogen) atoms. The van der Waals surface area contributed by atoms with E-state index in [0.29, 0.717) is 11.6 Å². The van der Waals surface area contributed by atoms with Crippen molar-refractivity contribution in [3.63, 3.8) is 0 Å². The lowest BCUT2D eigenvalue weighted by atomic mass is 10.1. The number of rotatable bonds is 1. The van der Waals surface area contributed by atoms with E-state index in [1.165, 1.54) is 4.80 Å². The number of pyridine rings is 1. The molecule has 2 N–H and O–H groups in total. The fraction of sp³-hybridized carbons (Fsp3) is 0.250. The monoisotopic (exact) mass is 190 g/mol. The maximum atomic E-state index is 5.73. The molecule has 2 aromatic rings. The van der Waals surface area contributed by atoms with Crippen molar-refractivity contribution in [2.24, 2.45) is 7.05 Å². The van der Waals surface area contributed by atoms with Crippen molar-refractivity contribution in [1.82, 2.24) is 25.2 Å². The summed E-state index contributed by atoms with van der Waals surface area (Å²) < 4.78 is 0. The van der Waals surface area contributed by atoms with Gasteiger partial charge in [-0.25, -0.2) is 4.98 Å². The van der Waals surface area contributed by atoms with Crippen molar-refractivity contribution in [3.05, 3.63) is 17.8 Å². The number of nitrogens with zero attached hydrogens (tertiary/aromatic N) is 5. The van der Waals surface area contributed by atoms with E-state index < -0.39 is 0 Å². The number of hydrogen-bond acceptors (Lipinski definition) is 5. The third-order valence-corrected chi connectivity index (χ3v) is 1.92. The van der Waals surface area contributed by atoms with Gasteiger partial charge in [-0.05, 0) is 23.8 Å². The van der Waals surface area contributed by atoms with Gasteiger partial charge in [-0.2, -0.15) is 4.80 Å². The maximum absolute atomic E-state index is 5.73. The zero-order chi connectivity index (χ0) is 10.1. The molecule has 0 amide bonds. The van der Waals surface area contributed by atoms with E-state index in [4.69, 9.17) is 5.73 Å². The zero-order valence-electron chi connectivity index (χ0n) is 7.97. The van der Waals surface area contributed by atoms with Crippen LogP contribution < -0.4 is 5.73 Å². The van der Waals surface area contributed by atoms with Gasteiger partial charge in [0.25, 0.3) is 0 Å². The fourth-order valence-corrected chi connectivity index (χ4v) is 1.25. The van der Waals surface area contributed by atoms with E-state index in [2.05, 4.69) is 20.4 Å². The topological polar surface area (TPSA) is 82.5 Å². The largest absolute Gasteiger partial charge is 0.383 e. The molecular formula is C8H10N6. The Morgan fingerprint density at radius 2 is 2.21 bits per heavy atom. The van der Waals surface area contributed by atoms with Gasteiger partial charge in [0.1, 0.15) is 5.82 Å². The molecule has 0 unspecified atom stereocenters. The summed E-state index contributed by atoms with van der Waals surface area (Å²) in [6, 6.07) is 1.86. The van der Waals surface area contributed by atoms with Gasteiger partial charge in [-0.1, -0.05) is 0 Å². The highest BCUT2D eigenvalue weighted by atomic mass is 15.6. The summed E-state index contributed by atoms with van der Waals surface area (Å²) in [4.78, 5) is 5.38. The van der Waals surface area contributed by atoms with Crippen molar-refractivity contribution in [2.75, 3.05) is 5.73 Å². The number of nitrogen functional groups attached to an aromatic ring is 1. The Labute approximate surface area is 80.8 Å². The van der Waals surface area contributed by atoms with Crippen LogP contribution in [0.4, 0.5) is 5.82 Å². The molecule has 0 radical (unpaired) electrons. The minimum atomic E-state index is 0.429. The first-order chi connectivity index (χ1) is 6.68. The molecule has 0 aliphatic rings. The molecule has 2 rings (SSSR count). The number of hydrogen-bond donors (Lipinski definition) is 1. The molecule has 0 aliphatic carbocycles. The molecule has 0 atom stereocenters. The molecule has 0 aliphatic heterocycles. The smallest absolute Gasteiger partial charge is 0.208 e. The van der Waals surface area contributed by atoms with Gasteiger partial charge in [-0.15, -0.1) is 10.2 Å². The molecule has 2 heterocycles. The Bertz CT molecular complexity index is 440. The van der Waals surface area contributed by atoms with Gasteiger partial charge in [0.2, 0.25) is 5.82 Å². The van der Waals surface area contributed by atoms with E-state index in [1.54, 1.807) is 13.2 Å². The summed E-state index contributed by atoms with van der Waals surface area (Å²) >= 11 is 0. The van der Waals surface area contributed by atoms with Crippen molar-refractivity contribution in [3.8, 4) is 11.4 Å². The molecule has 6 heteroatoms. The summed E-state index contributed by atoms with van der Waals surface area (Å²) in [5, 5.41) is 11.7. The van der Waals surface area contributed by atoms with Crippen molar-refractivity contribution in [1.29, 1.82) is 0 Å². The van der Waals surface area contributed by atoms with E-state index in [1.807, 2.05) is 13.0 Å². The molecule has 0 saturated heterocycles. The summed E-state index contributed by atoms with van der Waals surface area (Å²) in [5.41, 5.74) is 7.48. The van der Waals surface area contributed by atoms with Crippen molar-refractivity contribution in [2.45, 2.75) is 6.92 Å². The predicted octanol–water partition coefficient (Wildman–Crippen LogP) is 0.163. The van der Waals surface area contributed by atoms with E-state index in [-0.39, 0.29) is 0 Å². The summed E-state index contributed by atoms with van der Waals surface area (Å²) in [6.07, 6.45) is 1.66. The van der Waals surface area contributed by atoms with Gasteiger partial charge in [0.15, 0.2) is 0 Å². The van der Waals surface area contributed by atoms with Crippen molar-refractivity contribution < 1.29 is 0 Å². The predicted molar refractivity (Wildman–Crippen MR) is 51.2 cm³/mol. The van der Waals surface area contributed by atoms with Crippen LogP contribution in [-0.4, -0.2) is 25.2 Å². The fourth-order valence-electron chi connectivity index (χ4n) is 1.25. The molecule has 72 valence electrons. The van der Waals surface area contributed by atoms with Crippen LogP contribution in [-0.2, 0) is 7.05 Å². The average Bonchev–Trinajstić information content (AvgIpc) is 2.51. The first-order valence-electron chi connectivity index (χ1n) is 4.14. The Balaban J connectivity index is 2.61. The van der Waals surface area contributed by atoms with Crippen LogP contribution in [0.15, 0.2) is 12.3 Å². The minimum Gasteiger partial charge on any atom is -0.383 e. The second kappa shape index (κ2) is 3.06. The maximum Gasteiger partial charge on any atom is 0.208 e. The minimum absolute atomic E-state index is 0.429. The highest BCUT2D eigenvalue weighted by molar-refractivity contribution is 5.70. The highest BCUT2D eigenvalue weighted by Crippen LogP contribution is 2.23. The number of nitrogens with two attached hydrogens (primary N) is 1. The summed E-state index contributed by atoms with van der Waals surface area (Å²) in [6.45, 7) is 1.93. The number of tetrazole rings is 1. The van der Waals surface area contributed by atoms with Crippen LogP contribution in [0.5, 0.6) is 0 Å². The second-order valence-electron chi connectivity index (χ2n) is 2.99. The Morgan fingerprint density at radius 1 is 1.43 bits per heavy atom. The third kappa shape index (κ3) is 1.30. The van der Waals surface area contributed by atoms with Gasteiger partial charge in [0.05, 0.1) is 12.6 Å². The van der Waals surface area contributed by atoms with Gasteiger partial charge in [0, 0.05) is 6.20 Å². The Kier molecular flexibility index (Phi) is 1.88. The highest BCUT2D eigenvalue weighted by Gasteiger charge is 2.11. The number of aryl methyl sites for hydroxylation is 2. The quantitative estimate of drug-likeness (QED) is 0.692. The number of anilines is 1. The van der Waals surface area contributed by atoms with E-state index in [9.17, 15) is 0 Å². The molecular weight excluding hydrogens is 180 g/mol. The van der Waals surface area contributed by atoms with Crippen LogP contribution in [0.1, 0.15) is 5.56 Å². The molecule has 0 saturated carbocycles. The van der Waals surface area contributed by atoms with Gasteiger partial charge >= 0.3 is 0 Å². The Morgan fingerprint density at radius 3 is 2.79 bits per heavy atom. The molecule has 0 aromatic carbocycles. The average molecular weight is 190 g/mol. The van der Waals surface area contributed by atoms with Crippen LogP contribution in [0.2, 0.25) is 0 Å². The van der Waals surface area contributed by atoms with Gasteiger partial charge < -0.3 is 5.73 Å². The van der Waals surface area contributed by atoms with E-state index in [0.717, 1.165) is 11.1 Å². The molecule has 0 spiro atoms. The lowest BCUT2D eigenvalue weighted by Crippen LogP contribution is -1.98.